The van der Waals surface area contributed by atoms with Gasteiger partial charge >= 0.3 is 5.97 Å². The minimum atomic E-state index is -0.979. The number of rotatable bonds is 2. The lowest BCUT2D eigenvalue weighted by atomic mass is 9.77. The third kappa shape index (κ3) is 1.29. The van der Waals surface area contributed by atoms with Crippen molar-refractivity contribution in [3.8, 4) is 0 Å². The van der Waals surface area contributed by atoms with E-state index in [2.05, 4.69) is 4.98 Å². The number of fused-ring (bicyclic) bond motifs is 1. The van der Waals surface area contributed by atoms with Crippen molar-refractivity contribution in [1.82, 2.24) is 4.98 Å². The average molecular weight is 272 g/mol. The highest BCUT2D eigenvalue weighted by molar-refractivity contribution is 6.02. The van der Waals surface area contributed by atoms with Gasteiger partial charge in [-0.15, -0.1) is 0 Å². The van der Waals surface area contributed by atoms with E-state index in [0.29, 0.717) is 12.2 Å². The zero-order valence-electron chi connectivity index (χ0n) is 10.5. The first-order chi connectivity index (χ1) is 9.62. The molecule has 2 saturated heterocycles. The Labute approximate surface area is 114 Å². The molecule has 102 valence electrons. The number of hydrogen-bond acceptors (Lipinski definition) is 4. The number of anilines is 1. The van der Waals surface area contributed by atoms with E-state index < -0.39 is 29.5 Å². The Morgan fingerprint density at radius 1 is 1.55 bits per heavy atom. The summed E-state index contributed by atoms with van der Waals surface area (Å²) in [5.41, 5.74) is -0.119. The van der Waals surface area contributed by atoms with E-state index in [1.807, 2.05) is 6.08 Å². The first-order valence-electron chi connectivity index (χ1n) is 6.44. The number of nitrogens with zero attached hydrogens (tertiary/aromatic N) is 2. The van der Waals surface area contributed by atoms with Crippen molar-refractivity contribution in [2.75, 3.05) is 11.4 Å². The molecule has 3 aliphatic rings. The number of carboxylic acid groups (broad SMARTS) is 1. The van der Waals surface area contributed by atoms with Crippen molar-refractivity contribution in [3.05, 3.63) is 36.7 Å². The van der Waals surface area contributed by atoms with Crippen molar-refractivity contribution < 1.29 is 19.4 Å². The van der Waals surface area contributed by atoms with Crippen molar-refractivity contribution in [2.24, 2.45) is 11.8 Å². The lowest BCUT2D eigenvalue weighted by Crippen LogP contribution is -2.39. The third-order valence-corrected chi connectivity index (χ3v) is 4.34. The van der Waals surface area contributed by atoms with Crippen LogP contribution in [-0.4, -0.2) is 40.2 Å². The van der Waals surface area contributed by atoms with Crippen LogP contribution in [0.2, 0.25) is 0 Å². The molecule has 6 heteroatoms. The summed E-state index contributed by atoms with van der Waals surface area (Å²) in [4.78, 5) is 29.6. The zero-order chi connectivity index (χ0) is 13.9. The molecule has 0 radical (unpaired) electrons. The van der Waals surface area contributed by atoms with Crippen LogP contribution in [0, 0.1) is 11.8 Å². The third-order valence-electron chi connectivity index (χ3n) is 4.34. The monoisotopic (exact) mass is 272 g/mol. The van der Waals surface area contributed by atoms with Crippen LogP contribution in [0.4, 0.5) is 5.69 Å². The molecule has 0 aliphatic carbocycles. The Hall–Kier alpha value is -2.21. The van der Waals surface area contributed by atoms with Crippen LogP contribution in [-0.2, 0) is 14.3 Å². The second kappa shape index (κ2) is 3.67. The lowest BCUT2D eigenvalue weighted by Gasteiger charge is -2.21. The topological polar surface area (TPSA) is 79.7 Å². The standard InChI is InChI=1S/C14H12N2O4/c17-12-11-10(13(18)19)9-3-4-14(11,20-9)7-16(12)8-2-1-5-15-6-8/h1-6,9-11H,7H2,(H,18,19)/t9-,10-,11-,14+/m1/s1. The summed E-state index contributed by atoms with van der Waals surface area (Å²) in [6.45, 7) is 0.346. The molecule has 1 amide bonds. The van der Waals surface area contributed by atoms with Gasteiger partial charge in [-0.1, -0.05) is 12.2 Å². The predicted octanol–water partition coefficient (Wildman–Crippen LogP) is 0.453. The molecule has 4 atom stereocenters. The Balaban J connectivity index is 1.76. The van der Waals surface area contributed by atoms with Gasteiger partial charge in [-0.25, -0.2) is 0 Å². The molecule has 1 aromatic rings. The van der Waals surface area contributed by atoms with Gasteiger partial charge in [-0.3, -0.25) is 14.6 Å². The minimum Gasteiger partial charge on any atom is -0.481 e. The molecule has 3 aliphatic heterocycles. The number of aromatic nitrogens is 1. The largest absolute Gasteiger partial charge is 0.481 e. The molecule has 20 heavy (non-hydrogen) atoms. The summed E-state index contributed by atoms with van der Waals surface area (Å²) < 4.78 is 5.81. The van der Waals surface area contributed by atoms with Crippen molar-refractivity contribution in [1.29, 1.82) is 0 Å². The molecule has 1 spiro atoms. The number of hydrogen-bond donors (Lipinski definition) is 1. The summed E-state index contributed by atoms with van der Waals surface area (Å²) in [5.74, 6) is -2.62. The van der Waals surface area contributed by atoms with E-state index >= 15 is 0 Å². The molecule has 1 N–H and O–H groups in total. The number of ether oxygens (including phenoxy) is 1. The Morgan fingerprint density at radius 2 is 2.40 bits per heavy atom. The first-order valence-corrected chi connectivity index (χ1v) is 6.44. The van der Waals surface area contributed by atoms with Gasteiger partial charge < -0.3 is 14.7 Å². The van der Waals surface area contributed by atoms with Gasteiger partial charge in [0.2, 0.25) is 5.91 Å². The van der Waals surface area contributed by atoms with E-state index in [9.17, 15) is 14.7 Å². The van der Waals surface area contributed by atoms with Crippen molar-refractivity contribution in [3.63, 3.8) is 0 Å². The number of carbonyl (C=O) groups is 2. The summed E-state index contributed by atoms with van der Waals surface area (Å²) >= 11 is 0. The molecule has 0 saturated carbocycles. The van der Waals surface area contributed by atoms with E-state index in [1.54, 1.807) is 35.5 Å². The quantitative estimate of drug-likeness (QED) is 0.791. The molecule has 2 bridgehead atoms. The Kier molecular flexibility index (Phi) is 2.13. The summed E-state index contributed by atoms with van der Waals surface area (Å²) in [6, 6.07) is 3.53. The summed E-state index contributed by atoms with van der Waals surface area (Å²) in [6.07, 6.45) is 6.34. The highest BCUT2D eigenvalue weighted by atomic mass is 16.5. The SMILES string of the molecule is O=C(O)[C@@H]1[C@H]2C=C[C@@]3(CN(c4cccnc4)C(=O)[C@@H]13)O2. The van der Waals surface area contributed by atoms with Crippen molar-refractivity contribution >= 4 is 17.6 Å². The Bertz CT molecular complexity index is 629. The smallest absolute Gasteiger partial charge is 0.310 e. The number of aliphatic carboxylic acids is 1. The Morgan fingerprint density at radius 3 is 3.10 bits per heavy atom. The number of amides is 1. The van der Waals surface area contributed by atoms with Gasteiger partial charge in [0.25, 0.3) is 0 Å². The zero-order valence-corrected chi connectivity index (χ0v) is 10.5. The van der Waals surface area contributed by atoms with E-state index in [4.69, 9.17) is 4.74 Å². The number of carbonyl (C=O) groups excluding carboxylic acids is 1. The van der Waals surface area contributed by atoms with Gasteiger partial charge in [0, 0.05) is 6.20 Å². The second-order valence-electron chi connectivity index (χ2n) is 5.37. The normalized spacial score (nSPS) is 37.5. The van der Waals surface area contributed by atoms with Crippen LogP contribution in [0.3, 0.4) is 0 Å². The fraction of sp³-hybridized carbons (Fsp3) is 0.357. The number of carboxylic acids is 1. The predicted molar refractivity (Wildman–Crippen MR) is 67.9 cm³/mol. The van der Waals surface area contributed by atoms with Crippen LogP contribution < -0.4 is 4.90 Å². The molecule has 4 heterocycles. The van der Waals surface area contributed by atoms with Crippen LogP contribution in [0.5, 0.6) is 0 Å². The van der Waals surface area contributed by atoms with Crippen molar-refractivity contribution in [2.45, 2.75) is 11.7 Å². The molecular weight excluding hydrogens is 260 g/mol. The maximum Gasteiger partial charge on any atom is 0.310 e. The van der Waals surface area contributed by atoms with E-state index in [0.717, 1.165) is 0 Å². The van der Waals surface area contributed by atoms with Crippen LogP contribution in [0.15, 0.2) is 36.7 Å². The van der Waals surface area contributed by atoms with Gasteiger partial charge in [0.1, 0.15) is 11.5 Å². The maximum atomic E-state index is 12.6. The lowest BCUT2D eigenvalue weighted by molar-refractivity contribution is -0.146. The van der Waals surface area contributed by atoms with E-state index in [-0.39, 0.29) is 5.91 Å². The van der Waals surface area contributed by atoms with Gasteiger partial charge in [0.05, 0.1) is 30.5 Å². The first kappa shape index (κ1) is 11.6. The molecular formula is C14H12N2O4. The van der Waals surface area contributed by atoms with Crippen LogP contribution >= 0.6 is 0 Å². The molecule has 0 unspecified atom stereocenters. The second-order valence-corrected chi connectivity index (χ2v) is 5.37. The molecule has 6 nitrogen and oxygen atoms in total. The highest BCUT2D eigenvalue weighted by Gasteiger charge is 2.67. The van der Waals surface area contributed by atoms with Crippen LogP contribution in [0.1, 0.15) is 0 Å². The average Bonchev–Trinajstić information content (AvgIpc) is 3.08. The fourth-order valence-electron chi connectivity index (χ4n) is 3.51. The summed E-state index contributed by atoms with van der Waals surface area (Å²) in [5, 5.41) is 9.36. The molecule has 0 aromatic carbocycles. The van der Waals surface area contributed by atoms with Crippen LogP contribution in [0.25, 0.3) is 0 Å². The molecule has 4 rings (SSSR count). The minimum absolute atomic E-state index is 0.197. The van der Waals surface area contributed by atoms with Gasteiger partial charge in [-0.05, 0) is 12.1 Å². The summed E-state index contributed by atoms with van der Waals surface area (Å²) in [7, 11) is 0. The molecule has 1 aromatic heterocycles. The fourth-order valence-corrected chi connectivity index (χ4v) is 3.51. The molecule has 2 fully saturated rings. The van der Waals surface area contributed by atoms with Gasteiger partial charge in [0.15, 0.2) is 0 Å². The van der Waals surface area contributed by atoms with Gasteiger partial charge in [-0.2, -0.15) is 0 Å². The maximum absolute atomic E-state index is 12.6. The highest BCUT2D eigenvalue weighted by Crippen LogP contribution is 2.52. The van der Waals surface area contributed by atoms with E-state index in [1.165, 1.54) is 0 Å². The number of pyridine rings is 1.